The molecule has 0 saturated heterocycles. The van der Waals surface area contributed by atoms with Gasteiger partial charge in [-0.15, -0.1) is 0 Å². The predicted molar refractivity (Wildman–Crippen MR) is 83.8 cm³/mol. The predicted octanol–water partition coefficient (Wildman–Crippen LogP) is 3.97. The lowest BCUT2D eigenvalue weighted by Crippen LogP contribution is -2.52. The van der Waals surface area contributed by atoms with Crippen molar-refractivity contribution in [2.24, 2.45) is 28.6 Å². The van der Waals surface area contributed by atoms with Crippen molar-refractivity contribution in [2.75, 3.05) is 0 Å². The molecule has 0 spiro atoms. The van der Waals surface area contributed by atoms with Crippen molar-refractivity contribution in [1.82, 2.24) is 0 Å². The third-order valence-corrected chi connectivity index (χ3v) is 7.90. The number of fused-ring (bicyclic) bond motifs is 5. The Morgan fingerprint density at radius 2 is 2.05 bits per heavy atom. The van der Waals surface area contributed by atoms with Crippen LogP contribution < -0.4 is 0 Å². The van der Waals surface area contributed by atoms with Crippen LogP contribution in [0.5, 0.6) is 0 Å². The van der Waals surface area contributed by atoms with Crippen molar-refractivity contribution in [2.45, 2.75) is 77.2 Å². The average molecular weight is 308 g/mol. The van der Waals surface area contributed by atoms with E-state index in [1.54, 1.807) is 5.57 Å². The maximum atomic E-state index is 14.2. The van der Waals surface area contributed by atoms with Gasteiger partial charge in [0.2, 0.25) is 0 Å². The molecule has 0 radical (unpaired) electrons. The highest BCUT2D eigenvalue weighted by molar-refractivity contribution is 5.24. The average Bonchev–Trinajstić information content (AvgIpc) is 2.84. The van der Waals surface area contributed by atoms with Crippen LogP contribution in [0.2, 0.25) is 0 Å². The fourth-order valence-corrected chi connectivity index (χ4v) is 6.80. The molecule has 2 N–H and O–H groups in total. The molecule has 4 aliphatic rings. The van der Waals surface area contributed by atoms with E-state index in [4.69, 9.17) is 0 Å². The van der Waals surface area contributed by atoms with Gasteiger partial charge >= 0.3 is 0 Å². The van der Waals surface area contributed by atoms with E-state index in [1.807, 2.05) is 0 Å². The third kappa shape index (κ3) is 1.91. The fourth-order valence-electron chi connectivity index (χ4n) is 6.80. The monoisotopic (exact) mass is 308 g/mol. The lowest BCUT2D eigenvalue weighted by molar-refractivity contribution is -0.187. The molecule has 0 amide bonds. The van der Waals surface area contributed by atoms with Gasteiger partial charge in [0.05, 0.1) is 0 Å². The molecule has 22 heavy (non-hydrogen) atoms. The number of hydrogen-bond donors (Lipinski definition) is 2. The Hall–Kier alpha value is -0.410. The molecule has 124 valence electrons. The quantitative estimate of drug-likeness (QED) is 0.568. The first-order valence-corrected chi connectivity index (χ1v) is 9.17. The standard InChI is InChI=1S/C19H29FO2/c1-18-8-3-2-4-12(18)5-6-14-15(18)7-9-19(17(21)22)11-13(20)10-16(14)19/h5,13-17,21-22H,2-4,6-11H2,1H3/t13-,14-,15+,16+,18+,19+/m1/s1. The van der Waals surface area contributed by atoms with E-state index in [-0.39, 0.29) is 5.92 Å². The van der Waals surface area contributed by atoms with E-state index in [2.05, 4.69) is 13.0 Å². The molecular weight excluding hydrogens is 279 g/mol. The van der Waals surface area contributed by atoms with Gasteiger partial charge < -0.3 is 10.2 Å². The van der Waals surface area contributed by atoms with Crippen LogP contribution >= 0.6 is 0 Å². The van der Waals surface area contributed by atoms with Crippen molar-refractivity contribution < 1.29 is 14.6 Å². The van der Waals surface area contributed by atoms with E-state index < -0.39 is 17.9 Å². The van der Waals surface area contributed by atoms with Crippen LogP contribution in [0.1, 0.15) is 64.7 Å². The van der Waals surface area contributed by atoms with Crippen molar-refractivity contribution >= 4 is 0 Å². The van der Waals surface area contributed by atoms with Gasteiger partial charge in [-0.1, -0.05) is 25.0 Å². The maximum Gasteiger partial charge on any atom is 0.157 e. The van der Waals surface area contributed by atoms with Gasteiger partial charge in [0.25, 0.3) is 0 Å². The summed E-state index contributed by atoms with van der Waals surface area (Å²) in [5.41, 5.74) is 1.37. The zero-order valence-corrected chi connectivity index (χ0v) is 13.6. The highest BCUT2D eigenvalue weighted by Crippen LogP contribution is 2.65. The maximum absolute atomic E-state index is 14.2. The van der Waals surface area contributed by atoms with Gasteiger partial charge in [0.1, 0.15) is 6.17 Å². The summed E-state index contributed by atoms with van der Waals surface area (Å²) in [6.07, 6.45) is 9.11. The van der Waals surface area contributed by atoms with Crippen LogP contribution in [-0.2, 0) is 0 Å². The number of hydrogen-bond acceptors (Lipinski definition) is 2. The van der Waals surface area contributed by atoms with Crippen LogP contribution in [0.4, 0.5) is 4.39 Å². The summed E-state index contributed by atoms with van der Waals surface area (Å²) in [5, 5.41) is 20.0. The number of rotatable bonds is 1. The van der Waals surface area contributed by atoms with E-state index >= 15 is 0 Å². The second-order valence-electron chi connectivity index (χ2n) is 8.65. The van der Waals surface area contributed by atoms with Gasteiger partial charge in [-0.25, -0.2) is 4.39 Å². The molecule has 0 heterocycles. The van der Waals surface area contributed by atoms with Crippen LogP contribution in [0, 0.1) is 28.6 Å². The summed E-state index contributed by atoms with van der Waals surface area (Å²) in [6, 6.07) is 0. The van der Waals surface area contributed by atoms with E-state index in [1.165, 1.54) is 25.7 Å². The summed E-state index contributed by atoms with van der Waals surface area (Å²) in [6.45, 7) is 2.43. The molecule has 2 nitrogen and oxygen atoms in total. The van der Waals surface area contributed by atoms with Crippen LogP contribution in [0.3, 0.4) is 0 Å². The van der Waals surface area contributed by atoms with Gasteiger partial charge in [-0.05, 0) is 74.5 Å². The highest BCUT2D eigenvalue weighted by Gasteiger charge is 2.61. The Bertz CT molecular complexity index is 488. The third-order valence-electron chi connectivity index (χ3n) is 7.90. The highest BCUT2D eigenvalue weighted by atomic mass is 19.1. The first-order valence-electron chi connectivity index (χ1n) is 9.17. The number of alkyl halides is 1. The summed E-state index contributed by atoms with van der Waals surface area (Å²) in [4.78, 5) is 0. The normalized spacial score (nSPS) is 51.0. The topological polar surface area (TPSA) is 40.5 Å². The van der Waals surface area contributed by atoms with Gasteiger partial charge in [-0.3, -0.25) is 0 Å². The zero-order chi connectivity index (χ0) is 15.5. The Balaban J connectivity index is 1.70. The zero-order valence-electron chi connectivity index (χ0n) is 13.6. The molecule has 0 aromatic rings. The molecule has 0 unspecified atom stereocenters. The van der Waals surface area contributed by atoms with Crippen molar-refractivity contribution in [3.05, 3.63) is 11.6 Å². The number of allylic oxidation sites excluding steroid dienone is 2. The van der Waals surface area contributed by atoms with E-state index in [0.29, 0.717) is 30.1 Å². The SMILES string of the molecule is C[C@]12CCCCC1=CC[C@H]1[C@@H]3C[C@@H](F)C[C@@]3(C(O)O)CC[C@@H]12. The van der Waals surface area contributed by atoms with E-state index in [0.717, 1.165) is 19.3 Å². The van der Waals surface area contributed by atoms with Gasteiger partial charge in [-0.2, -0.15) is 0 Å². The molecule has 6 atom stereocenters. The summed E-state index contributed by atoms with van der Waals surface area (Å²) < 4.78 is 14.2. The van der Waals surface area contributed by atoms with Crippen molar-refractivity contribution in [1.29, 1.82) is 0 Å². The molecule has 4 aliphatic carbocycles. The minimum absolute atomic E-state index is 0.151. The molecule has 3 fully saturated rings. The minimum Gasteiger partial charge on any atom is -0.368 e. The Morgan fingerprint density at radius 1 is 1.23 bits per heavy atom. The number of aliphatic hydroxyl groups excluding tert-OH is 1. The first-order chi connectivity index (χ1) is 10.5. The van der Waals surface area contributed by atoms with Crippen LogP contribution in [-0.4, -0.2) is 22.7 Å². The molecular formula is C19H29FO2. The smallest absolute Gasteiger partial charge is 0.157 e. The minimum atomic E-state index is -1.36. The van der Waals surface area contributed by atoms with Gasteiger partial charge in [0.15, 0.2) is 6.29 Å². The number of aliphatic hydroxyl groups is 2. The Kier molecular flexibility index (Phi) is 3.47. The summed E-state index contributed by atoms with van der Waals surface area (Å²) in [5.74, 6) is 1.22. The molecule has 0 aromatic carbocycles. The van der Waals surface area contributed by atoms with Crippen LogP contribution in [0.15, 0.2) is 11.6 Å². The largest absolute Gasteiger partial charge is 0.368 e. The second kappa shape index (κ2) is 5.04. The molecule has 3 heteroatoms. The molecule has 0 aliphatic heterocycles. The van der Waals surface area contributed by atoms with Crippen molar-refractivity contribution in [3.8, 4) is 0 Å². The first kappa shape index (κ1) is 15.1. The fraction of sp³-hybridized carbons (Fsp3) is 0.895. The lowest BCUT2D eigenvalue weighted by atomic mass is 9.48. The molecule has 4 rings (SSSR count). The summed E-state index contributed by atoms with van der Waals surface area (Å²) >= 11 is 0. The summed E-state index contributed by atoms with van der Waals surface area (Å²) in [7, 11) is 0. The molecule has 0 aromatic heterocycles. The molecule has 3 saturated carbocycles. The van der Waals surface area contributed by atoms with Crippen molar-refractivity contribution in [3.63, 3.8) is 0 Å². The number of halogens is 1. The Labute approximate surface area is 132 Å². The second-order valence-corrected chi connectivity index (χ2v) is 8.65. The van der Waals surface area contributed by atoms with Gasteiger partial charge in [0, 0.05) is 5.41 Å². The van der Waals surface area contributed by atoms with Crippen LogP contribution in [0.25, 0.3) is 0 Å². The molecule has 0 bridgehead atoms. The lowest BCUT2D eigenvalue weighted by Gasteiger charge is -2.57. The Morgan fingerprint density at radius 3 is 2.82 bits per heavy atom. The van der Waals surface area contributed by atoms with E-state index in [9.17, 15) is 14.6 Å².